The van der Waals surface area contributed by atoms with Gasteiger partial charge in [-0.25, -0.2) is 9.97 Å². The number of aromatic nitrogens is 3. The fourth-order valence-electron chi connectivity index (χ4n) is 2.51. The van der Waals surface area contributed by atoms with Crippen LogP contribution >= 0.6 is 0 Å². The molecule has 0 aromatic carbocycles. The van der Waals surface area contributed by atoms with E-state index in [1.54, 1.807) is 25.3 Å². The predicted molar refractivity (Wildman–Crippen MR) is 95.0 cm³/mol. The van der Waals surface area contributed by atoms with Gasteiger partial charge in [-0.2, -0.15) is 13.2 Å². The van der Waals surface area contributed by atoms with Crippen LogP contribution in [0, 0.1) is 6.92 Å². The van der Waals surface area contributed by atoms with Crippen LogP contribution in [-0.2, 0) is 15.5 Å². The minimum atomic E-state index is -4.67. The second-order valence-electron chi connectivity index (χ2n) is 7.34. The van der Waals surface area contributed by atoms with Gasteiger partial charge in [-0.1, -0.05) is 0 Å². The number of rotatable bonds is 3. The molecule has 0 unspecified atom stereocenters. The fraction of sp³-hybridized carbons (Fsp3) is 0.471. The summed E-state index contributed by atoms with van der Waals surface area (Å²) in [5.41, 5.74) is 0.125. The third-order valence-corrected chi connectivity index (χ3v) is 4.84. The van der Waals surface area contributed by atoms with E-state index in [9.17, 15) is 13.2 Å². The Labute approximate surface area is 155 Å². The molecule has 0 saturated carbocycles. The first-order chi connectivity index (χ1) is 12.4. The van der Waals surface area contributed by atoms with Crippen LogP contribution in [0.1, 0.15) is 39.2 Å². The standard InChI is InChI=1S/C17H20BF3N4O2/c1-10-12(7-6-8-22-10)24-13-11(9-23-14(25-13)17(19,20)21)18-26-15(2,3)16(4,5)27-18/h6-9H,1-5H3,(H,23,24,25). The molecule has 3 heterocycles. The number of anilines is 2. The van der Waals surface area contributed by atoms with Crippen LogP contribution in [0.3, 0.4) is 0 Å². The molecule has 0 spiro atoms. The van der Waals surface area contributed by atoms with E-state index in [2.05, 4.69) is 20.3 Å². The number of hydrogen-bond donors (Lipinski definition) is 1. The Hall–Kier alpha value is -2.20. The van der Waals surface area contributed by atoms with Crippen LogP contribution in [0.25, 0.3) is 0 Å². The Bertz CT molecular complexity index is 842. The molecule has 3 rings (SSSR count). The number of nitrogens with one attached hydrogen (secondary N) is 1. The summed E-state index contributed by atoms with van der Waals surface area (Å²) >= 11 is 0. The van der Waals surface area contributed by atoms with Crippen molar-refractivity contribution in [2.45, 2.75) is 52.0 Å². The molecule has 2 aromatic heterocycles. The zero-order valence-corrected chi connectivity index (χ0v) is 15.7. The monoisotopic (exact) mass is 380 g/mol. The van der Waals surface area contributed by atoms with Gasteiger partial charge in [0.25, 0.3) is 0 Å². The molecule has 1 fully saturated rings. The summed E-state index contributed by atoms with van der Waals surface area (Å²) < 4.78 is 51.2. The second kappa shape index (κ2) is 6.45. The first-order valence-electron chi connectivity index (χ1n) is 8.39. The maximum absolute atomic E-state index is 13.1. The van der Waals surface area contributed by atoms with E-state index in [-0.39, 0.29) is 11.3 Å². The van der Waals surface area contributed by atoms with E-state index in [0.29, 0.717) is 11.4 Å². The third-order valence-electron chi connectivity index (χ3n) is 4.84. The topological polar surface area (TPSA) is 69.2 Å². The van der Waals surface area contributed by atoms with E-state index in [1.807, 2.05) is 27.7 Å². The van der Waals surface area contributed by atoms with Crippen LogP contribution in [0.15, 0.2) is 24.5 Å². The number of aryl methyl sites for hydroxylation is 1. The molecule has 0 atom stereocenters. The Kier molecular flexibility index (Phi) is 4.67. The lowest BCUT2D eigenvalue weighted by Gasteiger charge is -2.32. The largest absolute Gasteiger partial charge is 0.500 e. The van der Waals surface area contributed by atoms with E-state index in [4.69, 9.17) is 9.31 Å². The Morgan fingerprint density at radius 1 is 1.07 bits per heavy atom. The van der Waals surface area contributed by atoms with Gasteiger partial charge in [0, 0.05) is 17.9 Å². The maximum atomic E-state index is 13.1. The number of halogens is 3. The molecule has 0 amide bonds. The van der Waals surface area contributed by atoms with Gasteiger partial charge in [0.05, 0.1) is 22.6 Å². The minimum Gasteiger partial charge on any atom is -0.399 e. The highest BCUT2D eigenvalue weighted by Gasteiger charge is 2.53. The molecule has 0 bridgehead atoms. The van der Waals surface area contributed by atoms with Crippen LogP contribution < -0.4 is 10.8 Å². The Morgan fingerprint density at radius 2 is 1.70 bits per heavy atom. The fourth-order valence-corrected chi connectivity index (χ4v) is 2.51. The second-order valence-corrected chi connectivity index (χ2v) is 7.34. The van der Waals surface area contributed by atoms with Crippen LogP contribution in [-0.4, -0.2) is 33.3 Å². The third kappa shape index (κ3) is 3.77. The summed E-state index contributed by atoms with van der Waals surface area (Å²) in [6, 6.07) is 3.38. The molecule has 6 nitrogen and oxygen atoms in total. The summed E-state index contributed by atoms with van der Waals surface area (Å²) in [4.78, 5) is 11.3. The van der Waals surface area contributed by atoms with Crippen molar-refractivity contribution in [3.63, 3.8) is 0 Å². The highest BCUT2D eigenvalue weighted by atomic mass is 19.4. The molecular weight excluding hydrogens is 360 g/mol. The summed E-state index contributed by atoms with van der Waals surface area (Å²) in [6.45, 7) is 9.17. The van der Waals surface area contributed by atoms with Gasteiger partial charge in [-0.3, -0.25) is 4.98 Å². The molecular formula is C17H20BF3N4O2. The van der Waals surface area contributed by atoms with Crippen molar-refractivity contribution in [3.05, 3.63) is 36.0 Å². The number of alkyl halides is 3. The SMILES string of the molecule is Cc1ncccc1Nc1nc(C(F)(F)F)ncc1B1OC(C)(C)C(C)(C)O1. The van der Waals surface area contributed by atoms with Crippen molar-refractivity contribution < 1.29 is 22.5 Å². The lowest BCUT2D eigenvalue weighted by molar-refractivity contribution is -0.144. The van der Waals surface area contributed by atoms with Crippen LogP contribution in [0.2, 0.25) is 0 Å². The van der Waals surface area contributed by atoms with Gasteiger partial charge in [0.2, 0.25) is 5.82 Å². The molecule has 0 aliphatic carbocycles. The van der Waals surface area contributed by atoms with Crippen molar-refractivity contribution in [2.24, 2.45) is 0 Å². The van der Waals surface area contributed by atoms with E-state index >= 15 is 0 Å². The average Bonchev–Trinajstić information content (AvgIpc) is 2.76. The maximum Gasteiger partial charge on any atom is 0.500 e. The summed E-state index contributed by atoms with van der Waals surface area (Å²) in [7, 11) is -0.906. The van der Waals surface area contributed by atoms with E-state index in [0.717, 1.165) is 6.20 Å². The number of hydrogen-bond acceptors (Lipinski definition) is 6. The van der Waals surface area contributed by atoms with E-state index in [1.165, 1.54) is 0 Å². The van der Waals surface area contributed by atoms with Crippen LogP contribution in [0.5, 0.6) is 0 Å². The first kappa shape index (κ1) is 19.6. The molecule has 1 aliphatic heterocycles. The number of pyridine rings is 1. The van der Waals surface area contributed by atoms with Gasteiger partial charge < -0.3 is 14.6 Å². The average molecular weight is 380 g/mol. The van der Waals surface area contributed by atoms with Crippen molar-refractivity contribution in [1.82, 2.24) is 15.0 Å². The molecule has 2 aromatic rings. The Morgan fingerprint density at radius 3 is 2.26 bits per heavy atom. The normalized spacial score (nSPS) is 18.6. The lowest BCUT2D eigenvalue weighted by atomic mass is 9.80. The molecule has 1 aliphatic rings. The van der Waals surface area contributed by atoms with Gasteiger partial charge in [0.1, 0.15) is 5.82 Å². The molecule has 1 N–H and O–H groups in total. The van der Waals surface area contributed by atoms with Gasteiger partial charge in [0.15, 0.2) is 0 Å². The highest BCUT2D eigenvalue weighted by molar-refractivity contribution is 6.63. The molecule has 27 heavy (non-hydrogen) atoms. The molecule has 10 heteroatoms. The summed E-state index contributed by atoms with van der Waals surface area (Å²) in [5, 5.41) is 2.91. The van der Waals surface area contributed by atoms with Crippen LogP contribution in [0.4, 0.5) is 24.7 Å². The quantitative estimate of drug-likeness (QED) is 0.825. The van der Waals surface area contributed by atoms with Crippen molar-refractivity contribution in [2.75, 3.05) is 5.32 Å². The zero-order chi connectivity index (χ0) is 20.0. The summed E-state index contributed by atoms with van der Waals surface area (Å²) in [5.74, 6) is -1.28. The lowest BCUT2D eigenvalue weighted by Crippen LogP contribution is -2.41. The first-order valence-corrected chi connectivity index (χ1v) is 8.39. The minimum absolute atomic E-state index is 0.0353. The smallest absolute Gasteiger partial charge is 0.399 e. The van der Waals surface area contributed by atoms with Gasteiger partial charge in [-0.15, -0.1) is 0 Å². The van der Waals surface area contributed by atoms with Gasteiger partial charge in [-0.05, 0) is 46.8 Å². The predicted octanol–water partition coefficient (Wildman–Crippen LogP) is 3.24. The Balaban J connectivity index is 2.05. The van der Waals surface area contributed by atoms with Crippen molar-refractivity contribution in [3.8, 4) is 0 Å². The molecule has 0 radical (unpaired) electrons. The van der Waals surface area contributed by atoms with Crippen molar-refractivity contribution >= 4 is 24.1 Å². The van der Waals surface area contributed by atoms with E-state index < -0.39 is 30.3 Å². The summed E-state index contributed by atoms with van der Waals surface area (Å²) in [6.07, 6.45) is -1.99. The molecule has 144 valence electrons. The molecule has 1 saturated heterocycles. The zero-order valence-electron chi connectivity index (χ0n) is 15.7. The highest BCUT2D eigenvalue weighted by Crippen LogP contribution is 2.37. The van der Waals surface area contributed by atoms with Crippen molar-refractivity contribution in [1.29, 1.82) is 0 Å². The van der Waals surface area contributed by atoms with Gasteiger partial charge >= 0.3 is 13.3 Å². The number of nitrogens with zero attached hydrogens (tertiary/aromatic N) is 3.